The molecule has 4 nitrogen and oxygen atoms in total. The predicted molar refractivity (Wildman–Crippen MR) is 84.3 cm³/mol. The van der Waals surface area contributed by atoms with Gasteiger partial charge in [0, 0.05) is 24.2 Å². The molecular weight excluding hydrogens is 264 g/mol. The molecule has 2 aromatic rings. The number of benzene rings is 2. The van der Waals surface area contributed by atoms with Crippen molar-refractivity contribution in [3.05, 3.63) is 74.8 Å². The van der Waals surface area contributed by atoms with Crippen molar-refractivity contribution in [1.29, 1.82) is 0 Å². The summed E-state index contributed by atoms with van der Waals surface area (Å²) in [6.07, 6.45) is 0. The normalized spacial score (nSPS) is 12.1. The van der Waals surface area contributed by atoms with Crippen LogP contribution in [0.1, 0.15) is 35.2 Å². The highest BCUT2D eigenvalue weighted by molar-refractivity contribution is 5.39. The predicted octanol–water partition coefficient (Wildman–Crippen LogP) is 4.06. The van der Waals surface area contributed by atoms with Gasteiger partial charge in [-0.3, -0.25) is 10.1 Å². The third-order valence-electron chi connectivity index (χ3n) is 3.53. The quantitative estimate of drug-likeness (QED) is 0.665. The summed E-state index contributed by atoms with van der Waals surface area (Å²) < 4.78 is 0. The van der Waals surface area contributed by atoms with Gasteiger partial charge in [-0.1, -0.05) is 47.5 Å². The summed E-state index contributed by atoms with van der Waals surface area (Å²) in [5.41, 5.74) is 4.52. The molecule has 4 heteroatoms. The monoisotopic (exact) mass is 284 g/mol. The highest BCUT2D eigenvalue weighted by Crippen LogP contribution is 2.20. The van der Waals surface area contributed by atoms with E-state index in [2.05, 4.69) is 44.3 Å². The number of nitro benzene ring substituents is 1. The molecule has 21 heavy (non-hydrogen) atoms. The Morgan fingerprint density at radius 1 is 1.14 bits per heavy atom. The van der Waals surface area contributed by atoms with E-state index in [0.717, 1.165) is 0 Å². The topological polar surface area (TPSA) is 55.2 Å². The van der Waals surface area contributed by atoms with Gasteiger partial charge in [0.2, 0.25) is 0 Å². The summed E-state index contributed by atoms with van der Waals surface area (Å²) in [5, 5.41) is 14.4. The standard InChI is InChI=1S/C17H20N2O2/c1-12-8-13(2)10-16(9-12)14(3)18-11-15-6-4-5-7-17(15)19(20)21/h4-10,14,18H,11H2,1-3H3. The van der Waals surface area contributed by atoms with Crippen LogP contribution in [0.15, 0.2) is 42.5 Å². The van der Waals surface area contributed by atoms with E-state index in [4.69, 9.17) is 0 Å². The number of hydrogen-bond acceptors (Lipinski definition) is 3. The van der Waals surface area contributed by atoms with E-state index < -0.39 is 0 Å². The van der Waals surface area contributed by atoms with Crippen LogP contribution >= 0.6 is 0 Å². The van der Waals surface area contributed by atoms with Gasteiger partial charge in [0.1, 0.15) is 0 Å². The fourth-order valence-electron chi connectivity index (χ4n) is 2.48. The highest BCUT2D eigenvalue weighted by Gasteiger charge is 2.13. The molecule has 1 unspecified atom stereocenters. The fraction of sp³-hybridized carbons (Fsp3) is 0.294. The van der Waals surface area contributed by atoms with E-state index in [1.54, 1.807) is 18.2 Å². The Labute approximate surface area is 125 Å². The summed E-state index contributed by atoms with van der Waals surface area (Å²) in [6, 6.07) is 13.4. The van der Waals surface area contributed by atoms with Crippen molar-refractivity contribution in [2.45, 2.75) is 33.4 Å². The Bertz CT molecular complexity index is 633. The number of nitrogens with zero attached hydrogens (tertiary/aromatic N) is 1. The van der Waals surface area contributed by atoms with Crippen LogP contribution in [0.3, 0.4) is 0 Å². The van der Waals surface area contributed by atoms with Crippen molar-refractivity contribution in [3.8, 4) is 0 Å². The number of nitrogens with one attached hydrogen (secondary N) is 1. The van der Waals surface area contributed by atoms with Crippen molar-refractivity contribution >= 4 is 5.69 Å². The smallest absolute Gasteiger partial charge is 0.273 e. The van der Waals surface area contributed by atoms with E-state index >= 15 is 0 Å². The molecule has 110 valence electrons. The summed E-state index contributed by atoms with van der Waals surface area (Å²) in [5.74, 6) is 0. The molecule has 0 saturated carbocycles. The Morgan fingerprint density at radius 3 is 2.38 bits per heavy atom. The molecule has 1 atom stereocenters. The molecule has 0 amide bonds. The van der Waals surface area contributed by atoms with E-state index in [0.29, 0.717) is 12.1 Å². The van der Waals surface area contributed by atoms with E-state index in [9.17, 15) is 10.1 Å². The van der Waals surface area contributed by atoms with Gasteiger partial charge < -0.3 is 5.32 Å². The minimum Gasteiger partial charge on any atom is -0.306 e. The Balaban J connectivity index is 2.11. The number of rotatable bonds is 5. The molecule has 2 rings (SSSR count). The summed E-state index contributed by atoms with van der Waals surface area (Å²) in [6.45, 7) is 6.70. The van der Waals surface area contributed by atoms with Gasteiger partial charge in [-0.15, -0.1) is 0 Å². The van der Waals surface area contributed by atoms with Crippen LogP contribution in [-0.4, -0.2) is 4.92 Å². The average Bonchev–Trinajstić information content (AvgIpc) is 2.43. The number of aryl methyl sites for hydroxylation is 2. The molecule has 0 bridgehead atoms. The first-order valence-electron chi connectivity index (χ1n) is 7.01. The largest absolute Gasteiger partial charge is 0.306 e. The molecule has 0 aromatic heterocycles. The Morgan fingerprint density at radius 2 is 1.76 bits per heavy atom. The van der Waals surface area contributed by atoms with Crippen molar-refractivity contribution in [2.75, 3.05) is 0 Å². The molecule has 0 saturated heterocycles. The van der Waals surface area contributed by atoms with E-state index in [1.807, 2.05) is 6.07 Å². The second-order valence-electron chi connectivity index (χ2n) is 5.41. The molecule has 0 aliphatic heterocycles. The van der Waals surface area contributed by atoms with Crippen molar-refractivity contribution < 1.29 is 4.92 Å². The fourth-order valence-corrected chi connectivity index (χ4v) is 2.48. The van der Waals surface area contributed by atoms with Crippen LogP contribution in [-0.2, 0) is 6.54 Å². The molecule has 0 aliphatic carbocycles. The zero-order valence-corrected chi connectivity index (χ0v) is 12.6. The number of para-hydroxylation sites is 1. The van der Waals surface area contributed by atoms with Crippen LogP contribution in [0.4, 0.5) is 5.69 Å². The zero-order chi connectivity index (χ0) is 15.4. The third kappa shape index (κ3) is 3.89. The molecular formula is C17H20N2O2. The minimum absolute atomic E-state index is 0.142. The lowest BCUT2D eigenvalue weighted by Gasteiger charge is -2.16. The molecule has 2 aromatic carbocycles. The molecule has 0 fully saturated rings. The third-order valence-corrected chi connectivity index (χ3v) is 3.53. The van der Waals surface area contributed by atoms with Gasteiger partial charge >= 0.3 is 0 Å². The van der Waals surface area contributed by atoms with Crippen molar-refractivity contribution in [3.63, 3.8) is 0 Å². The second-order valence-corrected chi connectivity index (χ2v) is 5.41. The van der Waals surface area contributed by atoms with Gasteiger partial charge in [-0.05, 0) is 26.3 Å². The summed E-state index contributed by atoms with van der Waals surface area (Å²) >= 11 is 0. The molecule has 0 radical (unpaired) electrons. The second kappa shape index (κ2) is 6.50. The van der Waals surface area contributed by atoms with Crippen LogP contribution in [0.25, 0.3) is 0 Å². The average molecular weight is 284 g/mol. The molecule has 0 aliphatic rings. The first-order chi connectivity index (χ1) is 9.97. The van der Waals surface area contributed by atoms with E-state index in [-0.39, 0.29) is 16.7 Å². The maximum atomic E-state index is 11.0. The Hall–Kier alpha value is -2.20. The van der Waals surface area contributed by atoms with Crippen LogP contribution in [0.2, 0.25) is 0 Å². The lowest BCUT2D eigenvalue weighted by molar-refractivity contribution is -0.385. The van der Waals surface area contributed by atoms with E-state index in [1.165, 1.54) is 16.7 Å². The molecule has 1 N–H and O–H groups in total. The Kier molecular flexibility index (Phi) is 4.70. The summed E-state index contributed by atoms with van der Waals surface area (Å²) in [4.78, 5) is 10.7. The lowest BCUT2D eigenvalue weighted by Crippen LogP contribution is -2.19. The highest BCUT2D eigenvalue weighted by atomic mass is 16.6. The number of nitro groups is 1. The van der Waals surface area contributed by atoms with Gasteiger partial charge in [-0.2, -0.15) is 0 Å². The molecule has 0 heterocycles. The van der Waals surface area contributed by atoms with Crippen LogP contribution in [0, 0.1) is 24.0 Å². The molecule has 0 spiro atoms. The van der Waals surface area contributed by atoms with Crippen molar-refractivity contribution in [2.24, 2.45) is 0 Å². The van der Waals surface area contributed by atoms with Gasteiger partial charge in [-0.25, -0.2) is 0 Å². The first kappa shape index (κ1) is 15.2. The van der Waals surface area contributed by atoms with Gasteiger partial charge in [0.05, 0.1) is 4.92 Å². The lowest BCUT2D eigenvalue weighted by atomic mass is 10.0. The maximum Gasteiger partial charge on any atom is 0.273 e. The van der Waals surface area contributed by atoms with Crippen LogP contribution < -0.4 is 5.32 Å². The van der Waals surface area contributed by atoms with Crippen LogP contribution in [0.5, 0.6) is 0 Å². The SMILES string of the molecule is Cc1cc(C)cc(C(C)NCc2ccccc2[N+](=O)[O-])c1. The number of hydrogen-bond donors (Lipinski definition) is 1. The maximum absolute atomic E-state index is 11.0. The van der Waals surface area contributed by atoms with Gasteiger partial charge in [0.25, 0.3) is 5.69 Å². The summed E-state index contributed by atoms with van der Waals surface area (Å²) in [7, 11) is 0. The van der Waals surface area contributed by atoms with Crippen molar-refractivity contribution in [1.82, 2.24) is 5.32 Å². The van der Waals surface area contributed by atoms with Gasteiger partial charge in [0.15, 0.2) is 0 Å². The first-order valence-corrected chi connectivity index (χ1v) is 7.01. The zero-order valence-electron chi connectivity index (χ0n) is 12.6. The minimum atomic E-state index is -0.335.